The van der Waals surface area contributed by atoms with Crippen LogP contribution in [-0.4, -0.2) is 100 Å². The summed E-state index contributed by atoms with van der Waals surface area (Å²) in [6.45, 7) is 2.45. The smallest absolute Gasteiger partial charge is 0.504 e. The van der Waals surface area contributed by atoms with E-state index in [0.717, 1.165) is 28.0 Å². The Balaban J connectivity index is 1.48. The SMILES string of the molecule is CC(C)(ON=CC(=O)N[C@@H]1C(=O)N2C(OC(=O)O)=C(CSc3nc(C(=O)O)c(-c4ccc(O)c(O)c4)s3)CS[C@@H]12)C(=O)O. The quantitative estimate of drug-likeness (QED) is 0.0508. The third-order valence-corrected chi connectivity index (χ3v) is 9.53. The molecule has 2 amide bonds. The molecule has 6 N–H and O–H groups in total. The number of carbonyl (C=O) groups is 5. The number of amides is 2. The van der Waals surface area contributed by atoms with Gasteiger partial charge in [0, 0.05) is 17.1 Å². The number of benzene rings is 1. The molecule has 43 heavy (non-hydrogen) atoms. The molecular formula is C24H22N4O12S3. The minimum Gasteiger partial charge on any atom is -0.504 e. The molecule has 0 unspecified atom stereocenters. The molecule has 16 nitrogen and oxygen atoms in total. The van der Waals surface area contributed by atoms with Gasteiger partial charge in [0.25, 0.3) is 11.8 Å². The Labute approximate surface area is 254 Å². The van der Waals surface area contributed by atoms with E-state index in [4.69, 9.17) is 14.7 Å². The first-order chi connectivity index (χ1) is 20.2. The molecule has 2 aliphatic rings. The average Bonchev–Trinajstić information content (AvgIpc) is 3.36. The lowest BCUT2D eigenvalue weighted by Crippen LogP contribution is -2.70. The third kappa shape index (κ3) is 6.78. The number of thioether (sulfide) groups is 2. The number of nitrogens with one attached hydrogen (secondary N) is 1. The monoisotopic (exact) mass is 654 g/mol. The molecule has 1 saturated heterocycles. The largest absolute Gasteiger partial charge is 0.512 e. The van der Waals surface area contributed by atoms with Crippen molar-refractivity contribution in [2.75, 3.05) is 11.5 Å². The Kier molecular flexibility index (Phi) is 9.07. The van der Waals surface area contributed by atoms with Crippen molar-refractivity contribution in [2.45, 2.75) is 35.2 Å². The highest BCUT2D eigenvalue weighted by Crippen LogP contribution is 2.43. The normalized spacial score (nSPS) is 18.2. The number of carbonyl (C=O) groups excluding carboxylic acids is 2. The molecule has 19 heteroatoms. The van der Waals surface area contributed by atoms with Gasteiger partial charge in [-0.15, -0.1) is 23.1 Å². The van der Waals surface area contributed by atoms with Gasteiger partial charge in [0.1, 0.15) is 17.6 Å². The third-order valence-electron chi connectivity index (χ3n) is 5.86. The van der Waals surface area contributed by atoms with Gasteiger partial charge in [0.05, 0.1) is 4.88 Å². The number of phenolic OH excluding ortho intramolecular Hbond substituents is 2. The molecule has 2 aromatic rings. The first kappa shape index (κ1) is 31.4. The summed E-state index contributed by atoms with van der Waals surface area (Å²) in [5.41, 5.74) is -1.27. The van der Waals surface area contributed by atoms with E-state index in [1.165, 1.54) is 43.8 Å². The Morgan fingerprint density at radius 2 is 1.93 bits per heavy atom. The van der Waals surface area contributed by atoms with E-state index in [9.17, 15) is 44.4 Å². The van der Waals surface area contributed by atoms with Crippen LogP contribution in [0.4, 0.5) is 4.79 Å². The van der Waals surface area contributed by atoms with Crippen molar-refractivity contribution in [2.24, 2.45) is 5.16 Å². The standard InChI is InChI=1S/C24H22N4O12S3/c1-24(2,21(35)36)40-25-6-13(31)26-15-17(32)28-18(39-23(37)38)10(7-41-19(15)28)8-42-22-27-14(20(33)34)16(43-22)9-3-4-11(29)12(30)5-9/h3-6,15,19,29-30H,7-8H2,1-2H3,(H,26,31)(H,33,34)(H,35,36)(H,37,38)/t15-,19+/m1/s1. The molecule has 0 saturated carbocycles. The Morgan fingerprint density at radius 1 is 1.21 bits per heavy atom. The highest BCUT2D eigenvalue weighted by Gasteiger charge is 2.54. The molecule has 0 spiro atoms. The number of phenols is 2. The van der Waals surface area contributed by atoms with E-state index in [2.05, 4.69) is 15.5 Å². The Hall–Kier alpha value is -4.49. The first-order valence-electron chi connectivity index (χ1n) is 11.9. The molecule has 1 aromatic carbocycles. The van der Waals surface area contributed by atoms with Crippen LogP contribution in [-0.2, 0) is 24.0 Å². The van der Waals surface area contributed by atoms with Crippen molar-refractivity contribution in [3.63, 3.8) is 0 Å². The molecule has 2 atom stereocenters. The van der Waals surface area contributed by atoms with Crippen LogP contribution >= 0.6 is 34.9 Å². The van der Waals surface area contributed by atoms with Gasteiger partial charge >= 0.3 is 18.1 Å². The van der Waals surface area contributed by atoms with E-state index < -0.39 is 52.7 Å². The second-order valence-corrected chi connectivity index (χ2v) is 12.6. The number of ether oxygens (including phenoxy) is 1. The van der Waals surface area contributed by atoms with Crippen LogP contribution in [0.5, 0.6) is 11.5 Å². The zero-order valence-electron chi connectivity index (χ0n) is 22.0. The zero-order valence-corrected chi connectivity index (χ0v) is 24.5. The lowest BCUT2D eigenvalue weighted by molar-refractivity contribution is -0.161. The van der Waals surface area contributed by atoms with Gasteiger partial charge in [-0.3, -0.25) is 14.5 Å². The van der Waals surface area contributed by atoms with Crippen molar-refractivity contribution >= 4 is 71.0 Å². The molecule has 1 fully saturated rings. The molecule has 228 valence electrons. The summed E-state index contributed by atoms with van der Waals surface area (Å²) >= 11 is 3.29. The van der Waals surface area contributed by atoms with Gasteiger partial charge in [-0.1, -0.05) is 16.9 Å². The second-order valence-electron chi connectivity index (χ2n) is 9.27. The average molecular weight is 655 g/mol. The topological polar surface area (TPSA) is 245 Å². The molecule has 0 radical (unpaired) electrons. The summed E-state index contributed by atoms with van der Waals surface area (Å²) in [5.74, 6) is -4.94. The zero-order chi connectivity index (χ0) is 31.6. The van der Waals surface area contributed by atoms with Crippen LogP contribution < -0.4 is 5.32 Å². The van der Waals surface area contributed by atoms with Crippen LogP contribution in [0.15, 0.2) is 39.2 Å². The predicted octanol–water partition coefficient (Wildman–Crippen LogP) is 2.18. The molecule has 1 aromatic heterocycles. The maximum atomic E-state index is 12.9. The number of thiazole rings is 1. The molecule has 2 aliphatic heterocycles. The van der Waals surface area contributed by atoms with E-state index in [1.54, 1.807) is 0 Å². The number of carboxylic acids is 2. The van der Waals surface area contributed by atoms with Crippen LogP contribution in [0.2, 0.25) is 0 Å². The van der Waals surface area contributed by atoms with Crippen LogP contribution in [0.3, 0.4) is 0 Å². The van der Waals surface area contributed by atoms with Gasteiger partial charge in [-0.25, -0.2) is 19.4 Å². The highest BCUT2D eigenvalue weighted by atomic mass is 32.2. The van der Waals surface area contributed by atoms with Crippen molar-refractivity contribution in [3.8, 4) is 21.9 Å². The van der Waals surface area contributed by atoms with E-state index in [0.29, 0.717) is 21.7 Å². The molecule has 0 aliphatic carbocycles. The number of aromatic carboxylic acids is 1. The summed E-state index contributed by atoms with van der Waals surface area (Å²) in [5, 5.41) is 52.4. The number of oxime groups is 1. The van der Waals surface area contributed by atoms with Gasteiger partial charge in [-0.05, 0) is 37.6 Å². The summed E-state index contributed by atoms with van der Waals surface area (Å²) in [4.78, 5) is 69.7. The number of aromatic hydroxyl groups is 2. The Morgan fingerprint density at radius 3 is 2.56 bits per heavy atom. The number of aliphatic carboxylic acids is 1. The van der Waals surface area contributed by atoms with Gasteiger partial charge in [-0.2, -0.15) is 0 Å². The highest BCUT2D eigenvalue weighted by molar-refractivity contribution is 8.01. The summed E-state index contributed by atoms with van der Waals surface area (Å²) < 4.78 is 5.23. The fourth-order valence-electron chi connectivity index (χ4n) is 3.66. The number of rotatable bonds is 11. The molecular weight excluding hydrogens is 632 g/mol. The molecule has 3 heterocycles. The number of hydrogen-bond acceptors (Lipinski definition) is 14. The number of nitrogens with zero attached hydrogens (tertiary/aromatic N) is 3. The number of fused-ring (bicyclic) bond motifs is 1. The summed E-state index contributed by atoms with van der Waals surface area (Å²) in [6.07, 6.45) is -1.00. The maximum Gasteiger partial charge on any atom is 0.512 e. The fraction of sp³-hybridized carbons (Fsp3) is 0.292. The van der Waals surface area contributed by atoms with Crippen molar-refractivity contribution in [1.82, 2.24) is 15.2 Å². The second kappa shape index (κ2) is 12.4. The fourth-order valence-corrected chi connectivity index (χ4v) is 7.24. The lowest BCUT2D eigenvalue weighted by atomic mass is 10.1. The molecule has 4 rings (SSSR count). The number of hydrogen-bond donors (Lipinski definition) is 6. The summed E-state index contributed by atoms with van der Waals surface area (Å²) in [6, 6.07) is 2.77. The van der Waals surface area contributed by atoms with Crippen molar-refractivity contribution < 1.29 is 59.1 Å². The minimum atomic E-state index is -1.69. The van der Waals surface area contributed by atoms with Crippen LogP contribution in [0.25, 0.3) is 10.4 Å². The lowest BCUT2D eigenvalue weighted by Gasteiger charge is -2.49. The van der Waals surface area contributed by atoms with Crippen LogP contribution in [0, 0.1) is 0 Å². The number of aromatic nitrogens is 1. The van der Waals surface area contributed by atoms with Gasteiger partial charge in [0.15, 0.2) is 21.5 Å². The van der Waals surface area contributed by atoms with Crippen molar-refractivity contribution in [3.05, 3.63) is 35.3 Å². The predicted molar refractivity (Wildman–Crippen MR) is 151 cm³/mol. The van der Waals surface area contributed by atoms with E-state index >= 15 is 0 Å². The van der Waals surface area contributed by atoms with Crippen LogP contribution in [0.1, 0.15) is 24.3 Å². The van der Waals surface area contributed by atoms with E-state index in [-0.39, 0.29) is 33.7 Å². The van der Waals surface area contributed by atoms with Crippen molar-refractivity contribution in [1.29, 1.82) is 0 Å². The Bertz CT molecular complexity index is 1570. The first-order valence-corrected chi connectivity index (χ1v) is 14.8. The number of β-lactam (4-membered cyclic amide) rings is 1. The number of carboxylic acid groups (broad SMARTS) is 3. The van der Waals surface area contributed by atoms with Gasteiger partial charge in [0.2, 0.25) is 11.5 Å². The summed E-state index contributed by atoms with van der Waals surface area (Å²) in [7, 11) is 0. The molecule has 0 bridgehead atoms. The maximum absolute atomic E-state index is 12.9. The van der Waals surface area contributed by atoms with Gasteiger partial charge < -0.3 is 40.4 Å². The van der Waals surface area contributed by atoms with E-state index in [1.807, 2.05) is 0 Å². The minimum absolute atomic E-state index is 0.0688.